The van der Waals surface area contributed by atoms with Crippen LogP contribution in [0, 0.1) is 41.5 Å². The summed E-state index contributed by atoms with van der Waals surface area (Å²) in [5.74, 6) is 2.97. The molecule has 606 valence electrons. The van der Waals surface area contributed by atoms with E-state index in [1.807, 2.05) is 236 Å². The Morgan fingerprint density at radius 1 is 0.248 bits per heavy atom. The minimum Gasteiger partial charge on any atom is -0.322 e. The molecule has 0 atom stereocenters. The molecule has 109 heavy (non-hydrogen) atoms. The van der Waals surface area contributed by atoms with E-state index in [0.717, 1.165) is 66.5 Å². The number of nitrogens with zero attached hydrogens (tertiary/aromatic N) is 10. The van der Waals surface area contributed by atoms with Gasteiger partial charge < -0.3 is 4.98 Å². The summed E-state index contributed by atoms with van der Waals surface area (Å²) in [5.41, 5.74) is 22.6. The Morgan fingerprint density at radius 3 is 0.991 bits per heavy atom. The van der Waals surface area contributed by atoms with Gasteiger partial charge in [-0.05, 0) is 145 Å². The monoisotopic (exact) mass is 1490 g/mol. The second kappa shape index (κ2) is 67.4. The van der Waals surface area contributed by atoms with Gasteiger partial charge in [0.25, 0.3) is 0 Å². The SMILES string of the molecule is CC.CC.CC.CC.CC.CC.CC.CC.CC.CC.CC.CC.Cc1ccc(C(C)C)c2ccc(=O)[nH]c12.Cc1ccc(C(C)C)c2cccnc12.Cc1ccc(C(C)C)c2cncnc12.Cc1ccc(C(C)C)c2nccnc12.Cc1ncc(C(C)C)c2cccnc12.Cc1ncc(C(C)C)c2nccnc12. The first-order chi connectivity index (χ1) is 52.6. The number of aromatic nitrogens is 11. The molecule has 12 aromatic rings. The van der Waals surface area contributed by atoms with Gasteiger partial charge in [0, 0.05) is 88.9 Å². The average Bonchev–Trinajstić information content (AvgIpc) is 0.838. The van der Waals surface area contributed by atoms with E-state index in [4.69, 9.17) is 0 Å². The lowest BCUT2D eigenvalue weighted by molar-refractivity contribution is 0.861. The van der Waals surface area contributed by atoms with E-state index in [1.165, 1.54) is 66.2 Å². The maximum absolute atomic E-state index is 11.3. The van der Waals surface area contributed by atoms with Crippen LogP contribution in [0.15, 0.2) is 152 Å². The molecule has 0 radical (unpaired) electrons. The van der Waals surface area contributed by atoms with Gasteiger partial charge in [-0.15, -0.1) is 0 Å². The summed E-state index contributed by atoms with van der Waals surface area (Å²) < 4.78 is 0. The molecule has 0 saturated heterocycles. The number of H-pyrrole nitrogens is 1. The van der Waals surface area contributed by atoms with Gasteiger partial charge in [0.2, 0.25) is 5.56 Å². The third-order valence-electron chi connectivity index (χ3n) is 15.2. The lowest BCUT2D eigenvalue weighted by atomic mass is 9.96. The number of hydrogen-bond acceptors (Lipinski definition) is 11. The third-order valence-corrected chi connectivity index (χ3v) is 15.2. The zero-order chi connectivity index (χ0) is 85.6. The van der Waals surface area contributed by atoms with Crippen molar-refractivity contribution in [3.05, 3.63) is 224 Å². The van der Waals surface area contributed by atoms with Gasteiger partial charge in [-0.25, -0.2) is 9.97 Å². The zero-order valence-electron chi connectivity index (χ0n) is 77.2. The Hall–Kier alpha value is -8.77. The third kappa shape index (κ3) is 36.1. The molecule has 0 unspecified atom stereocenters. The first-order valence-electron chi connectivity index (χ1n) is 41.7. The van der Waals surface area contributed by atoms with Crippen molar-refractivity contribution >= 4 is 65.7 Å². The summed E-state index contributed by atoms with van der Waals surface area (Å²) in [4.78, 5) is 57.5. The quantitative estimate of drug-likeness (QED) is 0.169. The van der Waals surface area contributed by atoms with Crippen molar-refractivity contribution in [2.75, 3.05) is 0 Å². The van der Waals surface area contributed by atoms with Gasteiger partial charge in [-0.3, -0.25) is 44.7 Å². The maximum Gasteiger partial charge on any atom is 0.248 e. The highest BCUT2D eigenvalue weighted by Crippen LogP contribution is 2.30. The van der Waals surface area contributed by atoms with Crippen LogP contribution in [0.3, 0.4) is 0 Å². The van der Waals surface area contributed by atoms with Crippen LogP contribution in [-0.2, 0) is 0 Å². The van der Waals surface area contributed by atoms with E-state index < -0.39 is 0 Å². The Balaban J connectivity index is -0.000000276. The van der Waals surface area contributed by atoms with Crippen molar-refractivity contribution in [3.63, 3.8) is 0 Å². The fraction of sp³-hybridized carbons (Fsp3) is 0.495. The van der Waals surface area contributed by atoms with Crippen LogP contribution in [0.25, 0.3) is 65.7 Å². The minimum atomic E-state index is -0.0356. The van der Waals surface area contributed by atoms with Gasteiger partial charge >= 0.3 is 0 Å². The number of pyridine rings is 5. The van der Waals surface area contributed by atoms with E-state index in [1.54, 1.807) is 37.2 Å². The second-order valence-electron chi connectivity index (χ2n) is 23.6. The Bertz CT molecular complexity index is 3760. The van der Waals surface area contributed by atoms with Crippen LogP contribution < -0.4 is 5.56 Å². The summed E-state index contributed by atoms with van der Waals surface area (Å²) in [7, 11) is 0. The van der Waals surface area contributed by atoms with E-state index >= 15 is 0 Å². The molecule has 8 heterocycles. The largest absolute Gasteiger partial charge is 0.322 e. The highest BCUT2D eigenvalue weighted by atomic mass is 16.1. The van der Waals surface area contributed by atoms with Gasteiger partial charge in [-0.2, -0.15) is 0 Å². The fourth-order valence-electron chi connectivity index (χ4n) is 10.4. The van der Waals surface area contributed by atoms with Crippen LogP contribution in [0.4, 0.5) is 0 Å². The van der Waals surface area contributed by atoms with Crippen LogP contribution in [0.2, 0.25) is 0 Å². The Morgan fingerprint density at radius 2 is 0.560 bits per heavy atom. The zero-order valence-corrected chi connectivity index (χ0v) is 77.2. The lowest BCUT2D eigenvalue weighted by Crippen LogP contribution is -2.05. The Kier molecular flexibility index (Phi) is 68.7. The molecule has 0 aliphatic carbocycles. The summed E-state index contributed by atoms with van der Waals surface area (Å²) in [6.45, 7) is 86.4. The predicted octanol–water partition coefficient (Wildman–Crippen LogP) is 30.6. The topological polar surface area (TPSA) is 162 Å². The molecule has 0 fully saturated rings. The number of aryl methyl sites for hydroxylation is 6. The minimum absolute atomic E-state index is 0.0356. The average molecular weight is 1490 g/mol. The highest BCUT2D eigenvalue weighted by molar-refractivity contribution is 5.88. The molecule has 12 rings (SSSR count). The molecule has 1 N–H and O–H groups in total. The van der Waals surface area contributed by atoms with Crippen molar-refractivity contribution in [1.82, 2.24) is 54.8 Å². The van der Waals surface area contributed by atoms with E-state index in [-0.39, 0.29) is 5.56 Å². The first-order valence-corrected chi connectivity index (χ1v) is 41.7. The van der Waals surface area contributed by atoms with Crippen molar-refractivity contribution in [2.24, 2.45) is 0 Å². The normalized spacial score (nSPS) is 9.36. The number of aromatic amines is 1. The molecule has 0 amide bonds. The summed E-state index contributed by atoms with van der Waals surface area (Å²) in [6.07, 6.45) is 18.0. The predicted molar refractivity (Wildman–Crippen MR) is 491 cm³/mol. The van der Waals surface area contributed by atoms with Gasteiger partial charge in [0.15, 0.2) is 0 Å². The number of fused-ring (bicyclic) bond motifs is 6. The van der Waals surface area contributed by atoms with Crippen LogP contribution in [0.5, 0.6) is 0 Å². The van der Waals surface area contributed by atoms with Crippen molar-refractivity contribution in [2.45, 2.75) is 326 Å². The molecule has 12 nitrogen and oxygen atoms in total. The van der Waals surface area contributed by atoms with E-state index in [0.29, 0.717) is 35.5 Å². The smallest absolute Gasteiger partial charge is 0.248 e. The molecule has 0 spiro atoms. The molecule has 4 aromatic carbocycles. The molecule has 0 aliphatic rings. The number of hydrogen-bond donors (Lipinski definition) is 1. The standard InChI is InChI=1S/C13H15NO.C13H15N.3C12H14N2.C11H13N3.12C2H6/c1-8(2)10-5-4-9(3)13-11(10)6-7-12(15)14-13;1-9(2)11-7-6-10(3)13-12(11)5-4-8-14-13;1-8(2)10-5-4-9(3)12-11(10)6-13-7-14-12;1-8(2)10-5-4-9(3)11-12(10)14-7-6-13-11;1-8(2)11-7-14-9(3)12-10(11)5-4-6-13-12;1-7(2)9-6-14-8(3)10-11(9)13-5-4-12-10;12*1-2/h4-8H,1-3H3,(H,14,15);4-9H,1-3H3;3*4-8H,1-3H3;4-7H,1-3H3;12*1-2H3. The van der Waals surface area contributed by atoms with Crippen LogP contribution in [-0.4, -0.2) is 54.8 Å². The second-order valence-corrected chi connectivity index (χ2v) is 23.6. The molecule has 0 bridgehead atoms. The van der Waals surface area contributed by atoms with Gasteiger partial charge in [0.1, 0.15) is 11.8 Å². The summed E-state index contributed by atoms with van der Waals surface area (Å²) in [5, 5.41) is 4.87. The maximum atomic E-state index is 11.3. The molecular formula is C97H157N11O. The van der Waals surface area contributed by atoms with Crippen molar-refractivity contribution < 1.29 is 0 Å². The first kappa shape index (κ1) is 111. The molecule has 0 saturated carbocycles. The number of benzene rings is 4. The molecule has 8 aromatic heterocycles. The summed E-state index contributed by atoms with van der Waals surface area (Å²) >= 11 is 0. The van der Waals surface area contributed by atoms with Crippen molar-refractivity contribution in [1.29, 1.82) is 0 Å². The number of nitrogens with one attached hydrogen (secondary N) is 1. The highest BCUT2D eigenvalue weighted by Gasteiger charge is 2.13. The number of rotatable bonds is 6. The van der Waals surface area contributed by atoms with E-state index in [2.05, 4.69) is 219 Å². The van der Waals surface area contributed by atoms with Gasteiger partial charge in [0.05, 0.1) is 50.0 Å². The van der Waals surface area contributed by atoms with E-state index in [9.17, 15) is 4.79 Å². The Labute approximate surface area is 667 Å². The molecule has 12 heteroatoms. The fourth-order valence-corrected chi connectivity index (χ4v) is 10.4. The van der Waals surface area contributed by atoms with Gasteiger partial charge in [-0.1, -0.05) is 310 Å². The summed E-state index contributed by atoms with van der Waals surface area (Å²) in [6, 6.07) is 28.9. The van der Waals surface area contributed by atoms with Crippen molar-refractivity contribution in [3.8, 4) is 0 Å². The molecule has 0 aliphatic heterocycles. The molecular weight excluding hydrogens is 1340 g/mol. The van der Waals surface area contributed by atoms with Crippen LogP contribution in [0.1, 0.15) is 352 Å². The van der Waals surface area contributed by atoms with Crippen LogP contribution >= 0.6 is 0 Å². The lowest BCUT2D eigenvalue weighted by Gasteiger charge is -2.11.